The number of aliphatic carboxylic acids is 1. The van der Waals surface area contributed by atoms with E-state index in [0.29, 0.717) is 6.42 Å². The van der Waals surface area contributed by atoms with E-state index in [9.17, 15) is 24.0 Å². The molecule has 0 aliphatic heterocycles. The molecule has 0 saturated carbocycles. The van der Waals surface area contributed by atoms with Crippen molar-refractivity contribution >= 4 is 40.5 Å². The van der Waals surface area contributed by atoms with Gasteiger partial charge in [0.25, 0.3) is 0 Å². The molecule has 1 aromatic heterocycles. The lowest BCUT2D eigenvalue weighted by Crippen LogP contribution is -2.58. The Kier molecular flexibility index (Phi) is 10.6. The standard InChI is InChI=1S/C25H36N6O6/c1-4-13(2)21(24(35)29-14(3)25(36)37)31-23(34)19(9-10-20(27)32)30-22(33)17(26)11-15-12-28-18-8-6-5-7-16(15)18/h5-8,12-14,17,19,21,28H,4,9-11,26H2,1-3H3,(H2,27,32)(H,29,35)(H,30,33)(H,31,34)(H,36,37). The Bertz CT molecular complexity index is 1130. The average molecular weight is 517 g/mol. The zero-order chi connectivity index (χ0) is 27.7. The fraction of sp³-hybridized carbons (Fsp3) is 0.480. The van der Waals surface area contributed by atoms with Crippen molar-refractivity contribution in [2.45, 2.75) is 70.6 Å². The molecule has 1 heterocycles. The number of carbonyl (C=O) groups is 5. The number of fused-ring (bicyclic) bond motifs is 1. The number of H-pyrrole nitrogens is 1. The second-order valence-corrected chi connectivity index (χ2v) is 9.18. The van der Waals surface area contributed by atoms with Gasteiger partial charge in [-0.1, -0.05) is 38.5 Å². The highest BCUT2D eigenvalue weighted by atomic mass is 16.4. The Labute approximate surface area is 214 Å². The molecule has 12 heteroatoms. The van der Waals surface area contributed by atoms with Crippen LogP contribution in [0.1, 0.15) is 45.6 Å². The highest BCUT2D eigenvalue weighted by molar-refractivity contribution is 5.94. The minimum absolute atomic E-state index is 0.104. The monoisotopic (exact) mass is 516 g/mol. The first-order valence-corrected chi connectivity index (χ1v) is 12.2. The van der Waals surface area contributed by atoms with Crippen molar-refractivity contribution in [3.63, 3.8) is 0 Å². The maximum absolute atomic E-state index is 13.1. The molecular formula is C25H36N6O6. The predicted octanol–water partition coefficient (Wildman–Crippen LogP) is -0.0918. The third-order valence-corrected chi connectivity index (χ3v) is 6.29. The fourth-order valence-corrected chi connectivity index (χ4v) is 3.78. The van der Waals surface area contributed by atoms with Crippen LogP contribution in [0.5, 0.6) is 0 Å². The number of amides is 4. The van der Waals surface area contributed by atoms with Crippen molar-refractivity contribution in [1.29, 1.82) is 0 Å². The summed E-state index contributed by atoms with van der Waals surface area (Å²) in [5, 5.41) is 17.5. The van der Waals surface area contributed by atoms with E-state index in [2.05, 4.69) is 20.9 Å². The van der Waals surface area contributed by atoms with Crippen molar-refractivity contribution in [2.75, 3.05) is 0 Å². The van der Waals surface area contributed by atoms with E-state index in [1.54, 1.807) is 13.1 Å². The summed E-state index contributed by atoms with van der Waals surface area (Å²) in [6.45, 7) is 4.85. The third-order valence-electron chi connectivity index (χ3n) is 6.29. The van der Waals surface area contributed by atoms with Gasteiger partial charge in [-0.3, -0.25) is 24.0 Å². The van der Waals surface area contributed by atoms with Crippen LogP contribution < -0.4 is 27.4 Å². The van der Waals surface area contributed by atoms with Gasteiger partial charge in [-0.2, -0.15) is 0 Å². The molecule has 9 N–H and O–H groups in total. The highest BCUT2D eigenvalue weighted by Gasteiger charge is 2.32. The van der Waals surface area contributed by atoms with E-state index in [4.69, 9.17) is 16.6 Å². The third kappa shape index (κ3) is 8.31. The largest absolute Gasteiger partial charge is 0.480 e. The molecule has 5 unspecified atom stereocenters. The lowest BCUT2D eigenvalue weighted by molar-refractivity contribution is -0.142. The number of para-hydroxylation sites is 1. The van der Waals surface area contributed by atoms with E-state index in [0.717, 1.165) is 16.5 Å². The number of hydrogen-bond acceptors (Lipinski definition) is 6. The van der Waals surface area contributed by atoms with Gasteiger partial charge >= 0.3 is 5.97 Å². The van der Waals surface area contributed by atoms with E-state index < -0.39 is 53.8 Å². The Morgan fingerprint density at radius 1 is 1.00 bits per heavy atom. The average Bonchev–Trinajstić information content (AvgIpc) is 3.26. The zero-order valence-electron chi connectivity index (χ0n) is 21.2. The summed E-state index contributed by atoms with van der Waals surface area (Å²) in [6.07, 6.45) is 2.18. The molecule has 2 rings (SSSR count). The second kappa shape index (κ2) is 13.4. The Morgan fingerprint density at radius 3 is 2.30 bits per heavy atom. The molecule has 0 aliphatic carbocycles. The van der Waals surface area contributed by atoms with Crippen LogP contribution in [0.4, 0.5) is 0 Å². The number of carboxylic acids is 1. The normalized spacial score (nSPS) is 15.1. The summed E-state index contributed by atoms with van der Waals surface area (Å²) >= 11 is 0. The number of aromatic amines is 1. The number of nitrogens with two attached hydrogens (primary N) is 2. The van der Waals surface area contributed by atoms with Crippen LogP contribution in [0.25, 0.3) is 10.9 Å². The molecule has 0 spiro atoms. The molecule has 5 atom stereocenters. The first-order valence-electron chi connectivity index (χ1n) is 12.2. The summed E-state index contributed by atoms with van der Waals surface area (Å²) in [5.74, 6) is -4.23. The number of aromatic nitrogens is 1. The molecule has 37 heavy (non-hydrogen) atoms. The molecular weight excluding hydrogens is 480 g/mol. The molecule has 202 valence electrons. The van der Waals surface area contributed by atoms with E-state index in [1.165, 1.54) is 6.92 Å². The summed E-state index contributed by atoms with van der Waals surface area (Å²) in [7, 11) is 0. The van der Waals surface area contributed by atoms with Crippen LogP contribution in [0.2, 0.25) is 0 Å². The minimum Gasteiger partial charge on any atom is -0.480 e. The van der Waals surface area contributed by atoms with Crippen molar-refractivity contribution < 1.29 is 29.1 Å². The van der Waals surface area contributed by atoms with E-state index in [1.807, 2.05) is 31.2 Å². The predicted molar refractivity (Wildman–Crippen MR) is 137 cm³/mol. The SMILES string of the molecule is CCC(C)C(NC(=O)C(CCC(N)=O)NC(=O)C(N)Cc1c[nH]c2ccccc12)C(=O)NC(C)C(=O)O. The van der Waals surface area contributed by atoms with E-state index in [-0.39, 0.29) is 25.2 Å². The van der Waals surface area contributed by atoms with Gasteiger partial charge in [-0.25, -0.2) is 0 Å². The lowest BCUT2D eigenvalue weighted by Gasteiger charge is -2.27. The highest BCUT2D eigenvalue weighted by Crippen LogP contribution is 2.19. The minimum atomic E-state index is -1.22. The van der Waals surface area contributed by atoms with Crippen molar-refractivity contribution in [3.8, 4) is 0 Å². The number of rotatable bonds is 14. The number of primary amides is 1. The van der Waals surface area contributed by atoms with Crippen molar-refractivity contribution in [3.05, 3.63) is 36.0 Å². The maximum atomic E-state index is 13.1. The van der Waals surface area contributed by atoms with Crippen LogP contribution in [0.15, 0.2) is 30.5 Å². The van der Waals surface area contributed by atoms with Gasteiger partial charge in [0.05, 0.1) is 6.04 Å². The second-order valence-electron chi connectivity index (χ2n) is 9.18. The molecule has 2 aromatic rings. The first kappa shape index (κ1) is 29.3. The van der Waals surface area contributed by atoms with Gasteiger partial charge < -0.3 is 37.5 Å². The van der Waals surface area contributed by atoms with Crippen LogP contribution in [-0.4, -0.2) is 63.9 Å². The molecule has 1 aromatic carbocycles. The molecule has 0 saturated heterocycles. The molecule has 12 nitrogen and oxygen atoms in total. The first-order chi connectivity index (χ1) is 17.4. The summed E-state index contributed by atoms with van der Waals surface area (Å²) in [4.78, 5) is 64.4. The number of benzene rings is 1. The fourth-order valence-electron chi connectivity index (χ4n) is 3.78. The smallest absolute Gasteiger partial charge is 0.325 e. The number of carboxylic acid groups (broad SMARTS) is 1. The number of hydrogen-bond donors (Lipinski definition) is 7. The van der Waals surface area contributed by atoms with Gasteiger partial charge in [0.15, 0.2) is 0 Å². The Hall–Kier alpha value is -3.93. The quantitative estimate of drug-likeness (QED) is 0.181. The zero-order valence-corrected chi connectivity index (χ0v) is 21.2. The van der Waals surface area contributed by atoms with Crippen LogP contribution >= 0.6 is 0 Å². The van der Waals surface area contributed by atoms with Crippen LogP contribution in [-0.2, 0) is 30.4 Å². The van der Waals surface area contributed by atoms with Gasteiger partial charge in [0, 0.05) is 23.5 Å². The summed E-state index contributed by atoms with van der Waals surface area (Å²) in [6, 6.07) is 3.15. The van der Waals surface area contributed by atoms with Crippen LogP contribution in [0.3, 0.4) is 0 Å². The van der Waals surface area contributed by atoms with Crippen LogP contribution in [0, 0.1) is 5.92 Å². The summed E-state index contributed by atoms with van der Waals surface area (Å²) in [5.41, 5.74) is 13.1. The maximum Gasteiger partial charge on any atom is 0.325 e. The Morgan fingerprint density at radius 2 is 1.68 bits per heavy atom. The molecule has 0 fully saturated rings. The Balaban J connectivity index is 2.14. The van der Waals surface area contributed by atoms with Gasteiger partial charge in [-0.15, -0.1) is 0 Å². The number of carbonyl (C=O) groups excluding carboxylic acids is 4. The molecule has 0 radical (unpaired) electrons. The van der Waals surface area contributed by atoms with Gasteiger partial charge in [0.1, 0.15) is 18.1 Å². The molecule has 4 amide bonds. The van der Waals surface area contributed by atoms with Crippen molar-refractivity contribution in [2.24, 2.45) is 17.4 Å². The van der Waals surface area contributed by atoms with E-state index >= 15 is 0 Å². The summed E-state index contributed by atoms with van der Waals surface area (Å²) < 4.78 is 0. The van der Waals surface area contributed by atoms with Gasteiger partial charge in [0.2, 0.25) is 23.6 Å². The van der Waals surface area contributed by atoms with Gasteiger partial charge in [-0.05, 0) is 37.3 Å². The molecule has 0 aliphatic rings. The lowest BCUT2D eigenvalue weighted by atomic mass is 9.97. The molecule has 0 bridgehead atoms. The number of nitrogens with one attached hydrogen (secondary N) is 4. The van der Waals surface area contributed by atoms with Crippen molar-refractivity contribution in [1.82, 2.24) is 20.9 Å². The topological polar surface area (TPSA) is 209 Å².